The number of carboxylic acids is 1. The van der Waals surface area contributed by atoms with Gasteiger partial charge in [0.2, 0.25) is 0 Å². The van der Waals surface area contributed by atoms with Crippen LogP contribution in [-0.2, 0) is 14.3 Å². The lowest BCUT2D eigenvalue weighted by Gasteiger charge is -2.21. The lowest BCUT2D eigenvalue weighted by Crippen LogP contribution is -2.30. The maximum absolute atomic E-state index is 10.4. The monoisotopic (exact) mass is 261 g/mol. The number of hydrogen-bond acceptors (Lipinski definition) is 4. The molecule has 0 radical (unpaired) electrons. The molecule has 5 heteroatoms. The highest BCUT2D eigenvalue weighted by Gasteiger charge is 2.04. The van der Waals surface area contributed by atoms with Crippen LogP contribution >= 0.6 is 0 Å². The van der Waals surface area contributed by atoms with Crippen LogP contribution in [0.25, 0.3) is 0 Å². The summed E-state index contributed by atoms with van der Waals surface area (Å²) in [5.74, 6) is -0.702. The molecule has 0 aromatic carbocycles. The third-order valence-corrected chi connectivity index (χ3v) is 2.80. The molecule has 0 rings (SSSR count). The van der Waals surface area contributed by atoms with Gasteiger partial charge < -0.3 is 19.5 Å². The largest absolute Gasteiger partial charge is 0.481 e. The van der Waals surface area contributed by atoms with Crippen LogP contribution in [0.3, 0.4) is 0 Å². The van der Waals surface area contributed by atoms with Gasteiger partial charge in [-0.1, -0.05) is 6.42 Å². The second-order valence-corrected chi connectivity index (χ2v) is 4.39. The summed E-state index contributed by atoms with van der Waals surface area (Å²) in [6.07, 6.45) is 4.09. The Morgan fingerprint density at radius 1 is 0.944 bits per heavy atom. The number of unbranched alkanes of at least 4 members (excludes halogenated alkanes) is 2. The lowest BCUT2D eigenvalue weighted by atomic mass is 10.2. The summed E-state index contributed by atoms with van der Waals surface area (Å²) in [6.45, 7) is 4.46. The minimum absolute atomic E-state index is 0.280. The fraction of sp³-hybridized carbons (Fsp3) is 0.923. The number of ether oxygens (including phenoxy) is 2. The first kappa shape index (κ1) is 17.4. The Hall–Kier alpha value is -0.650. The van der Waals surface area contributed by atoms with Crippen molar-refractivity contribution in [1.29, 1.82) is 0 Å². The molecule has 0 aliphatic carbocycles. The van der Waals surface area contributed by atoms with E-state index >= 15 is 0 Å². The van der Waals surface area contributed by atoms with E-state index in [0.29, 0.717) is 0 Å². The standard InChI is InChI=1S/C13H27NO4/c1-17-11-6-9-14(10-12-18-2)8-5-3-4-7-13(15)16/h3-12H2,1-2H3,(H,15,16). The van der Waals surface area contributed by atoms with Crippen molar-refractivity contribution in [2.24, 2.45) is 0 Å². The second kappa shape index (κ2) is 12.8. The van der Waals surface area contributed by atoms with Crippen molar-refractivity contribution in [1.82, 2.24) is 4.90 Å². The number of carbonyl (C=O) groups is 1. The first-order valence-corrected chi connectivity index (χ1v) is 6.62. The Labute approximate surface area is 110 Å². The highest BCUT2D eigenvalue weighted by Crippen LogP contribution is 2.03. The number of rotatable bonds is 13. The van der Waals surface area contributed by atoms with Crippen LogP contribution in [0.15, 0.2) is 0 Å². The molecule has 0 aromatic rings. The van der Waals surface area contributed by atoms with Crippen molar-refractivity contribution in [3.8, 4) is 0 Å². The molecule has 5 nitrogen and oxygen atoms in total. The summed E-state index contributed by atoms with van der Waals surface area (Å²) < 4.78 is 10.1. The Kier molecular flexibility index (Phi) is 12.3. The van der Waals surface area contributed by atoms with Gasteiger partial charge in [-0.25, -0.2) is 0 Å². The quantitative estimate of drug-likeness (QED) is 0.510. The van der Waals surface area contributed by atoms with Gasteiger partial charge in [0.25, 0.3) is 0 Å². The Morgan fingerprint density at radius 2 is 1.61 bits per heavy atom. The molecule has 0 saturated heterocycles. The van der Waals surface area contributed by atoms with Gasteiger partial charge in [-0.2, -0.15) is 0 Å². The Morgan fingerprint density at radius 3 is 2.22 bits per heavy atom. The van der Waals surface area contributed by atoms with Crippen molar-refractivity contribution in [2.45, 2.75) is 32.1 Å². The van der Waals surface area contributed by atoms with Gasteiger partial charge in [-0.15, -0.1) is 0 Å². The van der Waals surface area contributed by atoms with Gasteiger partial charge in [0, 0.05) is 40.3 Å². The van der Waals surface area contributed by atoms with Gasteiger partial charge in [0.15, 0.2) is 0 Å². The summed E-state index contributed by atoms with van der Waals surface area (Å²) in [5, 5.41) is 8.54. The highest BCUT2D eigenvalue weighted by molar-refractivity contribution is 5.66. The fourth-order valence-electron chi connectivity index (χ4n) is 1.78. The normalized spacial score (nSPS) is 11.1. The van der Waals surface area contributed by atoms with Gasteiger partial charge >= 0.3 is 5.97 Å². The minimum atomic E-state index is -0.702. The molecule has 0 aromatic heterocycles. The van der Waals surface area contributed by atoms with E-state index in [1.54, 1.807) is 14.2 Å². The average Bonchev–Trinajstić information content (AvgIpc) is 2.34. The van der Waals surface area contributed by atoms with E-state index in [9.17, 15) is 4.79 Å². The second-order valence-electron chi connectivity index (χ2n) is 4.39. The first-order valence-electron chi connectivity index (χ1n) is 6.62. The fourth-order valence-corrected chi connectivity index (χ4v) is 1.78. The molecule has 0 aliphatic rings. The van der Waals surface area contributed by atoms with Gasteiger partial charge in [0.1, 0.15) is 0 Å². The summed E-state index contributed by atoms with van der Waals surface area (Å²) in [4.78, 5) is 12.7. The molecule has 0 spiro atoms. The van der Waals surface area contributed by atoms with E-state index in [1.807, 2.05) is 0 Å². The molecule has 1 N–H and O–H groups in total. The molecule has 0 bridgehead atoms. The number of methoxy groups -OCH3 is 2. The zero-order chi connectivity index (χ0) is 13.6. The molecule has 0 unspecified atom stereocenters. The Balaban J connectivity index is 3.60. The van der Waals surface area contributed by atoms with Crippen molar-refractivity contribution in [3.63, 3.8) is 0 Å². The SMILES string of the molecule is COCCCN(CCCCCC(=O)O)CCOC. The predicted octanol–water partition coefficient (Wildman–Crippen LogP) is 1.62. The minimum Gasteiger partial charge on any atom is -0.481 e. The van der Waals surface area contributed by atoms with Gasteiger partial charge in [-0.3, -0.25) is 4.79 Å². The number of carboxylic acid groups (broad SMARTS) is 1. The number of aliphatic carboxylic acids is 1. The van der Waals surface area contributed by atoms with E-state index in [0.717, 1.165) is 58.5 Å². The van der Waals surface area contributed by atoms with Crippen molar-refractivity contribution in [2.75, 3.05) is 47.1 Å². The zero-order valence-corrected chi connectivity index (χ0v) is 11.7. The highest BCUT2D eigenvalue weighted by atomic mass is 16.5. The molecule has 18 heavy (non-hydrogen) atoms. The lowest BCUT2D eigenvalue weighted by molar-refractivity contribution is -0.137. The Bertz CT molecular complexity index is 199. The van der Waals surface area contributed by atoms with E-state index < -0.39 is 5.97 Å². The van der Waals surface area contributed by atoms with Crippen LogP contribution in [0, 0.1) is 0 Å². The number of hydrogen-bond donors (Lipinski definition) is 1. The molecule has 0 fully saturated rings. The van der Waals surface area contributed by atoms with Crippen molar-refractivity contribution >= 4 is 5.97 Å². The van der Waals surface area contributed by atoms with Crippen molar-refractivity contribution in [3.05, 3.63) is 0 Å². The van der Waals surface area contributed by atoms with E-state index in [4.69, 9.17) is 14.6 Å². The zero-order valence-electron chi connectivity index (χ0n) is 11.7. The van der Waals surface area contributed by atoms with E-state index in [2.05, 4.69) is 4.90 Å². The van der Waals surface area contributed by atoms with Crippen LogP contribution in [0.4, 0.5) is 0 Å². The smallest absolute Gasteiger partial charge is 0.303 e. The summed E-state index contributed by atoms with van der Waals surface area (Å²) in [6, 6.07) is 0. The third kappa shape index (κ3) is 11.8. The molecule has 0 saturated carbocycles. The van der Waals surface area contributed by atoms with Crippen molar-refractivity contribution < 1.29 is 19.4 Å². The van der Waals surface area contributed by atoms with E-state index in [-0.39, 0.29) is 6.42 Å². The maximum atomic E-state index is 10.4. The van der Waals surface area contributed by atoms with Crippen LogP contribution in [0.2, 0.25) is 0 Å². The van der Waals surface area contributed by atoms with Crippen LogP contribution in [0.5, 0.6) is 0 Å². The van der Waals surface area contributed by atoms with E-state index in [1.165, 1.54) is 0 Å². The third-order valence-electron chi connectivity index (χ3n) is 2.80. The molecular weight excluding hydrogens is 234 g/mol. The van der Waals surface area contributed by atoms with Gasteiger partial charge in [-0.05, 0) is 25.8 Å². The molecular formula is C13H27NO4. The molecule has 0 atom stereocenters. The molecule has 0 aliphatic heterocycles. The van der Waals surface area contributed by atoms with Crippen LogP contribution < -0.4 is 0 Å². The predicted molar refractivity (Wildman–Crippen MR) is 70.9 cm³/mol. The molecule has 0 amide bonds. The summed E-state index contributed by atoms with van der Waals surface area (Å²) in [7, 11) is 3.42. The topological polar surface area (TPSA) is 59.0 Å². The average molecular weight is 261 g/mol. The maximum Gasteiger partial charge on any atom is 0.303 e. The van der Waals surface area contributed by atoms with Crippen LogP contribution in [0.1, 0.15) is 32.1 Å². The molecule has 0 heterocycles. The van der Waals surface area contributed by atoms with Gasteiger partial charge in [0.05, 0.1) is 6.61 Å². The first-order chi connectivity index (χ1) is 8.70. The van der Waals surface area contributed by atoms with Crippen LogP contribution in [-0.4, -0.2) is 63.0 Å². The summed E-state index contributed by atoms with van der Waals surface area (Å²) >= 11 is 0. The number of nitrogens with zero attached hydrogens (tertiary/aromatic N) is 1. The molecule has 108 valence electrons. The summed E-state index contributed by atoms with van der Waals surface area (Å²) in [5.41, 5.74) is 0.